The number of rotatable bonds is 4. The average molecular weight is 175 g/mol. The molecule has 68 valence electrons. The lowest BCUT2D eigenvalue weighted by atomic mass is 10.1. The Balaban J connectivity index is 2.78. The Morgan fingerprint density at radius 1 is 1.38 bits per heavy atom. The van der Waals surface area contributed by atoms with Crippen LogP contribution in [-0.4, -0.2) is 12.8 Å². The van der Waals surface area contributed by atoms with E-state index in [-0.39, 0.29) is 0 Å². The summed E-state index contributed by atoms with van der Waals surface area (Å²) in [6.07, 6.45) is 4.92. The summed E-state index contributed by atoms with van der Waals surface area (Å²) in [5, 5.41) is 0. The van der Waals surface area contributed by atoms with E-state index in [0.717, 1.165) is 18.3 Å². The van der Waals surface area contributed by atoms with Gasteiger partial charge in [0.25, 0.3) is 0 Å². The molecule has 1 aromatic rings. The maximum absolute atomic E-state index is 10.1. The Labute approximate surface area is 78.1 Å². The van der Waals surface area contributed by atoms with Gasteiger partial charge < -0.3 is 5.73 Å². The van der Waals surface area contributed by atoms with Gasteiger partial charge in [0.15, 0.2) is 0 Å². The van der Waals surface area contributed by atoms with Gasteiger partial charge in [-0.15, -0.1) is 0 Å². The van der Waals surface area contributed by atoms with Crippen LogP contribution < -0.4 is 5.73 Å². The van der Waals surface area contributed by atoms with E-state index in [1.165, 1.54) is 11.6 Å². The third kappa shape index (κ3) is 3.22. The molecule has 0 saturated carbocycles. The Morgan fingerprint density at radius 2 is 2.23 bits per heavy atom. The first kappa shape index (κ1) is 9.68. The van der Waals surface area contributed by atoms with Gasteiger partial charge in [0.2, 0.25) is 0 Å². The van der Waals surface area contributed by atoms with E-state index in [1.807, 2.05) is 24.3 Å². The highest BCUT2D eigenvalue weighted by atomic mass is 16.1. The maximum atomic E-state index is 10.1. The Bertz CT molecular complexity index is 305. The molecule has 0 heterocycles. The third-order valence-electron chi connectivity index (χ3n) is 1.75. The summed E-state index contributed by atoms with van der Waals surface area (Å²) in [4.78, 5) is 10.1. The second-order valence-electron chi connectivity index (χ2n) is 2.78. The van der Waals surface area contributed by atoms with E-state index in [4.69, 9.17) is 5.73 Å². The second kappa shape index (κ2) is 5.27. The fourth-order valence-corrected chi connectivity index (χ4v) is 1.17. The topological polar surface area (TPSA) is 43.1 Å². The molecule has 2 nitrogen and oxygen atoms in total. The van der Waals surface area contributed by atoms with Crippen molar-refractivity contribution in [3.8, 4) is 0 Å². The van der Waals surface area contributed by atoms with E-state index in [9.17, 15) is 4.79 Å². The summed E-state index contributed by atoms with van der Waals surface area (Å²) in [5.74, 6) is 0. The molecule has 0 spiro atoms. The molecular weight excluding hydrogens is 162 g/mol. The van der Waals surface area contributed by atoms with Crippen molar-refractivity contribution in [3.63, 3.8) is 0 Å². The minimum atomic E-state index is 0.654. The average Bonchev–Trinajstić information content (AvgIpc) is 2.16. The highest BCUT2D eigenvalue weighted by molar-refractivity contribution is 5.73. The lowest BCUT2D eigenvalue weighted by molar-refractivity contribution is -0.104. The lowest BCUT2D eigenvalue weighted by Crippen LogP contribution is -2.02. The second-order valence-corrected chi connectivity index (χ2v) is 2.78. The van der Waals surface area contributed by atoms with Crippen LogP contribution in [0.4, 0.5) is 0 Å². The van der Waals surface area contributed by atoms with Crippen molar-refractivity contribution >= 4 is 12.4 Å². The first-order chi connectivity index (χ1) is 6.36. The van der Waals surface area contributed by atoms with E-state index in [0.29, 0.717) is 6.54 Å². The van der Waals surface area contributed by atoms with Gasteiger partial charge in [0, 0.05) is 0 Å². The van der Waals surface area contributed by atoms with Gasteiger partial charge in [-0.1, -0.05) is 30.3 Å². The molecular formula is C11H13NO. The minimum Gasteiger partial charge on any atom is -0.330 e. The summed E-state index contributed by atoms with van der Waals surface area (Å²) >= 11 is 0. The Kier molecular flexibility index (Phi) is 3.93. The number of nitrogens with two attached hydrogens (primary N) is 1. The highest BCUT2D eigenvalue weighted by Crippen LogP contribution is 2.06. The Morgan fingerprint density at radius 3 is 2.92 bits per heavy atom. The molecule has 2 N–H and O–H groups in total. The molecule has 0 aromatic heterocycles. The molecule has 0 saturated heterocycles. The monoisotopic (exact) mass is 175 g/mol. The maximum Gasteiger partial charge on any atom is 0.142 e. The first-order valence-electron chi connectivity index (χ1n) is 4.27. The standard InChI is InChI=1S/C11H13NO/c12-7-6-11-4-1-3-10(9-11)5-2-8-13/h1-5,8-9H,6-7,12H2. The molecule has 0 atom stereocenters. The molecule has 0 aliphatic heterocycles. The molecule has 0 bridgehead atoms. The quantitative estimate of drug-likeness (QED) is 0.555. The molecule has 0 aliphatic rings. The van der Waals surface area contributed by atoms with Gasteiger partial charge >= 0.3 is 0 Å². The van der Waals surface area contributed by atoms with Gasteiger partial charge in [-0.25, -0.2) is 0 Å². The van der Waals surface area contributed by atoms with Crippen LogP contribution in [0.1, 0.15) is 11.1 Å². The number of hydrogen-bond acceptors (Lipinski definition) is 2. The predicted octanol–water partition coefficient (Wildman–Crippen LogP) is 1.40. The van der Waals surface area contributed by atoms with Gasteiger partial charge in [-0.2, -0.15) is 0 Å². The zero-order chi connectivity index (χ0) is 9.52. The number of allylic oxidation sites excluding steroid dienone is 1. The Hall–Kier alpha value is -1.41. The van der Waals surface area contributed by atoms with Crippen LogP contribution >= 0.6 is 0 Å². The summed E-state index contributed by atoms with van der Waals surface area (Å²) in [7, 11) is 0. The first-order valence-corrected chi connectivity index (χ1v) is 4.27. The zero-order valence-corrected chi connectivity index (χ0v) is 7.44. The number of aldehydes is 1. The van der Waals surface area contributed by atoms with Crippen molar-refractivity contribution in [2.45, 2.75) is 6.42 Å². The fraction of sp³-hybridized carbons (Fsp3) is 0.182. The lowest BCUT2D eigenvalue weighted by Gasteiger charge is -1.99. The van der Waals surface area contributed by atoms with Gasteiger partial charge in [-0.05, 0) is 30.2 Å². The van der Waals surface area contributed by atoms with E-state index in [2.05, 4.69) is 0 Å². The summed E-state index contributed by atoms with van der Waals surface area (Å²) < 4.78 is 0. The van der Waals surface area contributed by atoms with Crippen molar-refractivity contribution in [3.05, 3.63) is 41.5 Å². The number of hydrogen-bond donors (Lipinski definition) is 1. The van der Waals surface area contributed by atoms with Crippen LogP contribution in [-0.2, 0) is 11.2 Å². The van der Waals surface area contributed by atoms with Crippen molar-refractivity contribution in [1.82, 2.24) is 0 Å². The van der Waals surface area contributed by atoms with Crippen molar-refractivity contribution < 1.29 is 4.79 Å². The van der Waals surface area contributed by atoms with E-state index >= 15 is 0 Å². The summed E-state index contributed by atoms with van der Waals surface area (Å²) in [6.45, 7) is 0.654. The van der Waals surface area contributed by atoms with E-state index in [1.54, 1.807) is 6.08 Å². The molecule has 0 unspecified atom stereocenters. The normalized spacial score (nSPS) is 10.5. The molecule has 1 aromatic carbocycles. The zero-order valence-electron chi connectivity index (χ0n) is 7.44. The summed E-state index contributed by atoms with van der Waals surface area (Å²) in [5.41, 5.74) is 7.68. The predicted molar refractivity (Wildman–Crippen MR) is 54.3 cm³/mol. The van der Waals surface area contributed by atoms with Crippen LogP contribution in [0.2, 0.25) is 0 Å². The molecule has 0 fully saturated rings. The number of benzene rings is 1. The van der Waals surface area contributed by atoms with Crippen molar-refractivity contribution in [1.29, 1.82) is 0 Å². The molecule has 13 heavy (non-hydrogen) atoms. The minimum absolute atomic E-state index is 0.654. The third-order valence-corrected chi connectivity index (χ3v) is 1.75. The van der Waals surface area contributed by atoms with Crippen molar-refractivity contribution in [2.24, 2.45) is 5.73 Å². The largest absolute Gasteiger partial charge is 0.330 e. The van der Waals surface area contributed by atoms with Crippen LogP contribution in [0.3, 0.4) is 0 Å². The van der Waals surface area contributed by atoms with Gasteiger partial charge in [-0.3, -0.25) is 4.79 Å². The fourth-order valence-electron chi connectivity index (χ4n) is 1.17. The van der Waals surface area contributed by atoms with Crippen LogP contribution in [0.15, 0.2) is 30.3 Å². The molecule has 2 heteroatoms. The van der Waals surface area contributed by atoms with Gasteiger partial charge in [0.05, 0.1) is 0 Å². The number of carbonyl (C=O) groups is 1. The summed E-state index contributed by atoms with van der Waals surface area (Å²) in [6, 6.07) is 7.99. The van der Waals surface area contributed by atoms with Crippen molar-refractivity contribution in [2.75, 3.05) is 6.54 Å². The van der Waals surface area contributed by atoms with Crippen LogP contribution in [0.5, 0.6) is 0 Å². The molecule has 0 radical (unpaired) electrons. The highest BCUT2D eigenvalue weighted by Gasteiger charge is 1.91. The van der Waals surface area contributed by atoms with Crippen LogP contribution in [0, 0.1) is 0 Å². The van der Waals surface area contributed by atoms with Gasteiger partial charge in [0.1, 0.15) is 6.29 Å². The molecule has 0 aliphatic carbocycles. The number of carbonyl (C=O) groups excluding carboxylic acids is 1. The van der Waals surface area contributed by atoms with Crippen LogP contribution in [0.25, 0.3) is 6.08 Å². The SMILES string of the molecule is NCCc1cccc(C=CC=O)c1. The van der Waals surface area contributed by atoms with E-state index < -0.39 is 0 Å². The molecule has 0 amide bonds. The molecule has 1 rings (SSSR count). The smallest absolute Gasteiger partial charge is 0.142 e.